The van der Waals surface area contributed by atoms with Crippen molar-refractivity contribution in [3.05, 3.63) is 23.8 Å². The highest BCUT2D eigenvalue weighted by Crippen LogP contribution is 2.34. The van der Waals surface area contributed by atoms with E-state index >= 15 is 0 Å². The van der Waals surface area contributed by atoms with Gasteiger partial charge in [0.25, 0.3) is 0 Å². The van der Waals surface area contributed by atoms with Gasteiger partial charge < -0.3 is 20.5 Å². The predicted molar refractivity (Wildman–Crippen MR) is 65.3 cm³/mol. The van der Waals surface area contributed by atoms with Crippen LogP contribution in [0.5, 0.6) is 11.5 Å². The third kappa shape index (κ3) is 2.41. The monoisotopic (exact) mass is 248 g/mol. The zero-order chi connectivity index (χ0) is 12.5. The van der Waals surface area contributed by atoms with Gasteiger partial charge in [-0.25, -0.2) is 0 Å². The van der Waals surface area contributed by atoms with Crippen LogP contribution >= 0.6 is 0 Å². The van der Waals surface area contributed by atoms with Gasteiger partial charge in [-0.15, -0.1) is 0 Å². The molecule has 0 radical (unpaired) electrons. The summed E-state index contributed by atoms with van der Waals surface area (Å²) in [5.41, 5.74) is 6.92. The van der Waals surface area contributed by atoms with E-state index in [2.05, 4.69) is 5.32 Å². The average Bonchev–Trinajstić information content (AvgIpc) is 3.03. The van der Waals surface area contributed by atoms with Crippen molar-refractivity contribution in [3.8, 4) is 11.5 Å². The van der Waals surface area contributed by atoms with E-state index < -0.39 is 0 Å². The highest BCUT2D eigenvalue weighted by atomic mass is 16.7. The van der Waals surface area contributed by atoms with Crippen molar-refractivity contribution in [1.29, 1.82) is 0 Å². The lowest BCUT2D eigenvalue weighted by molar-refractivity contribution is -0.121. The second-order valence-corrected chi connectivity index (χ2v) is 4.77. The Morgan fingerprint density at radius 3 is 2.94 bits per heavy atom. The minimum atomic E-state index is -0.307. The van der Waals surface area contributed by atoms with Gasteiger partial charge in [-0.05, 0) is 30.5 Å². The van der Waals surface area contributed by atoms with Gasteiger partial charge in [0.15, 0.2) is 11.5 Å². The quantitative estimate of drug-likeness (QED) is 0.836. The molecule has 18 heavy (non-hydrogen) atoms. The van der Waals surface area contributed by atoms with E-state index in [1.165, 1.54) is 0 Å². The number of benzene rings is 1. The summed E-state index contributed by atoms with van der Waals surface area (Å²) in [5.74, 6) is 1.45. The second kappa shape index (κ2) is 4.49. The summed E-state index contributed by atoms with van der Waals surface area (Å²) < 4.78 is 10.5. The van der Waals surface area contributed by atoms with Crippen molar-refractivity contribution in [2.45, 2.75) is 31.3 Å². The number of nitrogens with one attached hydrogen (secondary N) is 1. The summed E-state index contributed by atoms with van der Waals surface area (Å²) in [4.78, 5) is 11.7. The molecular weight excluding hydrogens is 232 g/mol. The molecule has 0 spiro atoms. The number of hydrogen-bond acceptors (Lipinski definition) is 4. The van der Waals surface area contributed by atoms with Crippen molar-refractivity contribution in [2.75, 3.05) is 6.79 Å². The first-order valence-corrected chi connectivity index (χ1v) is 6.17. The standard InChI is InChI=1S/C13H16N2O3/c14-10(6-13(16)15-9-2-3-9)8-1-4-11-12(5-8)18-7-17-11/h1,4-5,9-10H,2-3,6-7,14H2,(H,15,16). The number of ether oxygens (including phenoxy) is 2. The van der Waals surface area contributed by atoms with Crippen LogP contribution in [-0.4, -0.2) is 18.7 Å². The molecule has 3 rings (SSSR count). The van der Waals surface area contributed by atoms with E-state index in [0.717, 1.165) is 24.2 Å². The van der Waals surface area contributed by atoms with E-state index in [1.54, 1.807) is 0 Å². The minimum absolute atomic E-state index is 0.0164. The number of amides is 1. The van der Waals surface area contributed by atoms with Gasteiger partial charge in [-0.2, -0.15) is 0 Å². The molecule has 1 atom stereocenters. The van der Waals surface area contributed by atoms with Crippen molar-refractivity contribution < 1.29 is 14.3 Å². The molecule has 1 amide bonds. The van der Waals surface area contributed by atoms with Gasteiger partial charge in [0.2, 0.25) is 12.7 Å². The lowest BCUT2D eigenvalue weighted by atomic mass is 10.0. The molecule has 1 saturated carbocycles. The smallest absolute Gasteiger partial charge is 0.231 e. The molecule has 2 aliphatic rings. The number of fused-ring (bicyclic) bond motifs is 1. The van der Waals surface area contributed by atoms with Gasteiger partial charge in [0, 0.05) is 18.5 Å². The fraction of sp³-hybridized carbons (Fsp3) is 0.462. The van der Waals surface area contributed by atoms with E-state index in [4.69, 9.17) is 15.2 Å². The molecule has 1 aromatic rings. The Morgan fingerprint density at radius 2 is 2.17 bits per heavy atom. The predicted octanol–water partition coefficient (Wildman–Crippen LogP) is 1.08. The average molecular weight is 248 g/mol. The van der Waals surface area contributed by atoms with Crippen molar-refractivity contribution >= 4 is 5.91 Å². The van der Waals surface area contributed by atoms with Crippen LogP contribution in [0.2, 0.25) is 0 Å². The van der Waals surface area contributed by atoms with Crippen molar-refractivity contribution in [3.63, 3.8) is 0 Å². The summed E-state index contributed by atoms with van der Waals surface area (Å²) in [6.07, 6.45) is 2.48. The molecule has 5 heteroatoms. The van der Waals surface area contributed by atoms with E-state index in [0.29, 0.717) is 18.2 Å². The van der Waals surface area contributed by atoms with Crippen molar-refractivity contribution in [2.24, 2.45) is 5.73 Å². The molecule has 1 aliphatic heterocycles. The summed E-state index contributed by atoms with van der Waals surface area (Å²) in [6, 6.07) is 5.62. The van der Waals surface area contributed by atoms with Crippen LogP contribution in [-0.2, 0) is 4.79 Å². The second-order valence-electron chi connectivity index (χ2n) is 4.77. The maximum atomic E-state index is 11.7. The Balaban J connectivity index is 1.64. The Hall–Kier alpha value is -1.75. The molecule has 96 valence electrons. The molecule has 1 aliphatic carbocycles. The highest BCUT2D eigenvalue weighted by molar-refractivity contribution is 5.77. The Morgan fingerprint density at radius 1 is 1.39 bits per heavy atom. The molecule has 0 aromatic heterocycles. The number of carbonyl (C=O) groups excluding carboxylic acids is 1. The molecule has 1 fully saturated rings. The SMILES string of the molecule is NC(CC(=O)NC1CC1)c1ccc2c(c1)OCO2. The molecule has 1 heterocycles. The lowest BCUT2D eigenvalue weighted by Crippen LogP contribution is -2.29. The molecule has 3 N–H and O–H groups in total. The van der Waals surface area contributed by atoms with Gasteiger partial charge in [0.05, 0.1) is 0 Å². The molecule has 1 aromatic carbocycles. The maximum Gasteiger partial charge on any atom is 0.231 e. The van der Waals surface area contributed by atoms with Gasteiger partial charge in [-0.3, -0.25) is 4.79 Å². The fourth-order valence-corrected chi connectivity index (χ4v) is 1.98. The van der Waals surface area contributed by atoms with Crippen LogP contribution in [0.4, 0.5) is 0 Å². The first-order valence-electron chi connectivity index (χ1n) is 6.17. The Labute approximate surface area is 105 Å². The van der Waals surface area contributed by atoms with E-state index in [1.807, 2.05) is 18.2 Å². The molecule has 0 bridgehead atoms. The third-order valence-corrected chi connectivity index (χ3v) is 3.17. The van der Waals surface area contributed by atoms with Gasteiger partial charge in [-0.1, -0.05) is 6.07 Å². The molecular formula is C13H16N2O3. The maximum absolute atomic E-state index is 11.7. The first-order chi connectivity index (χ1) is 8.72. The summed E-state index contributed by atoms with van der Waals surface area (Å²) in [6.45, 7) is 0.246. The molecule has 0 saturated heterocycles. The Bertz CT molecular complexity index is 471. The van der Waals surface area contributed by atoms with E-state index in [-0.39, 0.29) is 18.7 Å². The Kier molecular flexibility index (Phi) is 2.83. The van der Waals surface area contributed by atoms with Crippen molar-refractivity contribution in [1.82, 2.24) is 5.32 Å². The number of rotatable bonds is 4. The summed E-state index contributed by atoms with van der Waals surface area (Å²) in [5, 5.41) is 2.93. The fourth-order valence-electron chi connectivity index (χ4n) is 1.98. The number of carbonyl (C=O) groups is 1. The molecule has 5 nitrogen and oxygen atoms in total. The van der Waals surface area contributed by atoms with Gasteiger partial charge >= 0.3 is 0 Å². The number of hydrogen-bond donors (Lipinski definition) is 2. The first kappa shape index (κ1) is 11.3. The normalized spacial score (nSPS) is 18.5. The zero-order valence-corrected chi connectivity index (χ0v) is 10.0. The minimum Gasteiger partial charge on any atom is -0.454 e. The number of nitrogens with two attached hydrogens (primary N) is 1. The van der Waals surface area contributed by atoms with Gasteiger partial charge in [0.1, 0.15) is 0 Å². The van der Waals surface area contributed by atoms with Crippen LogP contribution in [0, 0.1) is 0 Å². The molecule has 1 unspecified atom stereocenters. The van der Waals surface area contributed by atoms with Crippen LogP contribution < -0.4 is 20.5 Å². The largest absolute Gasteiger partial charge is 0.454 e. The van der Waals surface area contributed by atoms with Crippen LogP contribution in [0.25, 0.3) is 0 Å². The van der Waals surface area contributed by atoms with Crippen LogP contribution in [0.1, 0.15) is 30.9 Å². The van der Waals surface area contributed by atoms with Crippen LogP contribution in [0.15, 0.2) is 18.2 Å². The summed E-state index contributed by atoms with van der Waals surface area (Å²) >= 11 is 0. The zero-order valence-electron chi connectivity index (χ0n) is 10.0. The van der Waals surface area contributed by atoms with Crippen LogP contribution in [0.3, 0.4) is 0 Å². The summed E-state index contributed by atoms with van der Waals surface area (Å²) in [7, 11) is 0. The topological polar surface area (TPSA) is 73.6 Å². The lowest BCUT2D eigenvalue weighted by Gasteiger charge is -2.12. The van der Waals surface area contributed by atoms with E-state index in [9.17, 15) is 4.79 Å². The third-order valence-electron chi connectivity index (χ3n) is 3.17. The highest BCUT2D eigenvalue weighted by Gasteiger charge is 2.24.